The standard InChI is InChI=1S/C18H16O3S2/c19-17-13(9-15-3-1-7-22-15)11-18(20-5-6-21-18)12-14(17)10-16-4-2-8-23-16/h1-4,7-10H,5-6,11-12H2/b13-9+,14-10+. The van der Waals surface area contributed by atoms with Crippen LogP contribution in [0.15, 0.2) is 46.2 Å². The molecule has 1 aliphatic carbocycles. The van der Waals surface area contributed by atoms with Gasteiger partial charge in [0.05, 0.1) is 13.2 Å². The summed E-state index contributed by atoms with van der Waals surface area (Å²) in [5, 5.41) is 4.03. The summed E-state index contributed by atoms with van der Waals surface area (Å²) < 4.78 is 11.8. The zero-order chi connectivity index (χ0) is 15.7. The smallest absolute Gasteiger partial charge is 0.185 e. The van der Waals surface area contributed by atoms with Gasteiger partial charge in [-0.3, -0.25) is 4.79 Å². The van der Waals surface area contributed by atoms with Crippen LogP contribution in [0.3, 0.4) is 0 Å². The molecule has 0 amide bonds. The number of Topliss-reactive ketones (excluding diaryl/α,β-unsaturated/α-hetero) is 1. The van der Waals surface area contributed by atoms with Gasteiger partial charge >= 0.3 is 0 Å². The van der Waals surface area contributed by atoms with Crippen molar-refractivity contribution in [3.8, 4) is 0 Å². The Hall–Kier alpha value is -1.53. The van der Waals surface area contributed by atoms with Crippen molar-refractivity contribution in [3.63, 3.8) is 0 Å². The molecule has 5 heteroatoms. The van der Waals surface area contributed by atoms with Crippen LogP contribution in [0.4, 0.5) is 0 Å². The summed E-state index contributed by atoms with van der Waals surface area (Å²) in [5.74, 6) is -0.559. The van der Waals surface area contributed by atoms with Crippen molar-refractivity contribution in [3.05, 3.63) is 55.9 Å². The third-order valence-corrected chi connectivity index (χ3v) is 5.67. The van der Waals surface area contributed by atoms with E-state index in [-0.39, 0.29) is 5.78 Å². The summed E-state index contributed by atoms with van der Waals surface area (Å²) in [6, 6.07) is 8.02. The Kier molecular flexibility index (Phi) is 4.03. The first-order valence-corrected chi connectivity index (χ1v) is 9.31. The van der Waals surface area contributed by atoms with Crippen LogP contribution in [-0.4, -0.2) is 24.8 Å². The van der Waals surface area contributed by atoms with Crippen molar-refractivity contribution >= 4 is 40.6 Å². The molecule has 23 heavy (non-hydrogen) atoms. The fourth-order valence-electron chi connectivity index (χ4n) is 3.03. The Labute approximate surface area is 142 Å². The van der Waals surface area contributed by atoms with Gasteiger partial charge in [-0.05, 0) is 35.0 Å². The quantitative estimate of drug-likeness (QED) is 0.758. The number of thiophene rings is 2. The van der Waals surface area contributed by atoms with E-state index in [4.69, 9.17) is 9.47 Å². The van der Waals surface area contributed by atoms with Crippen LogP contribution in [0.1, 0.15) is 22.6 Å². The summed E-state index contributed by atoms with van der Waals surface area (Å²) in [6.45, 7) is 1.18. The second-order valence-electron chi connectivity index (χ2n) is 5.66. The molecule has 1 aliphatic heterocycles. The highest BCUT2D eigenvalue weighted by molar-refractivity contribution is 7.11. The van der Waals surface area contributed by atoms with Gasteiger partial charge in [-0.2, -0.15) is 0 Å². The van der Waals surface area contributed by atoms with E-state index in [1.54, 1.807) is 22.7 Å². The van der Waals surface area contributed by atoms with Crippen LogP contribution in [-0.2, 0) is 14.3 Å². The molecule has 1 saturated carbocycles. The van der Waals surface area contributed by atoms with E-state index in [0.29, 0.717) is 26.1 Å². The third kappa shape index (κ3) is 3.10. The molecule has 2 aliphatic rings. The Morgan fingerprint density at radius 2 is 1.43 bits per heavy atom. The molecule has 0 N–H and O–H groups in total. The Bertz CT molecular complexity index is 690. The van der Waals surface area contributed by atoms with E-state index in [9.17, 15) is 4.79 Å². The molecule has 3 nitrogen and oxygen atoms in total. The van der Waals surface area contributed by atoms with Crippen LogP contribution in [0.25, 0.3) is 12.2 Å². The first-order chi connectivity index (χ1) is 11.2. The number of hydrogen-bond acceptors (Lipinski definition) is 5. The van der Waals surface area contributed by atoms with Crippen molar-refractivity contribution in [1.29, 1.82) is 0 Å². The first-order valence-electron chi connectivity index (χ1n) is 7.55. The number of rotatable bonds is 2. The first kappa shape index (κ1) is 15.0. The molecule has 2 fully saturated rings. The summed E-state index contributed by atoms with van der Waals surface area (Å²) in [4.78, 5) is 15.0. The van der Waals surface area contributed by atoms with Crippen molar-refractivity contribution < 1.29 is 14.3 Å². The zero-order valence-corrected chi connectivity index (χ0v) is 14.1. The molecule has 1 saturated heterocycles. The van der Waals surface area contributed by atoms with Crippen molar-refractivity contribution in [2.75, 3.05) is 13.2 Å². The van der Waals surface area contributed by atoms with Crippen LogP contribution < -0.4 is 0 Å². The minimum absolute atomic E-state index is 0.108. The predicted molar refractivity (Wildman–Crippen MR) is 93.5 cm³/mol. The highest BCUT2D eigenvalue weighted by atomic mass is 32.1. The van der Waals surface area contributed by atoms with Crippen molar-refractivity contribution in [2.45, 2.75) is 18.6 Å². The molecule has 0 aromatic carbocycles. The molecule has 0 atom stereocenters. The van der Waals surface area contributed by atoms with E-state index in [0.717, 1.165) is 20.9 Å². The molecule has 1 spiro atoms. The number of hydrogen-bond donors (Lipinski definition) is 0. The average molecular weight is 344 g/mol. The van der Waals surface area contributed by atoms with E-state index in [1.807, 2.05) is 47.2 Å². The number of ketones is 1. The normalized spacial score (nSPS) is 24.1. The molecule has 4 rings (SSSR count). The minimum atomic E-state index is -0.667. The van der Waals surface area contributed by atoms with Gasteiger partial charge in [0.15, 0.2) is 11.6 Å². The summed E-state index contributed by atoms with van der Waals surface area (Å²) in [6.07, 6.45) is 4.99. The largest absolute Gasteiger partial charge is 0.347 e. The molecule has 2 aromatic rings. The second kappa shape index (κ2) is 6.17. The lowest BCUT2D eigenvalue weighted by Gasteiger charge is -2.33. The molecular weight excluding hydrogens is 328 g/mol. The number of ether oxygens (including phenoxy) is 2. The van der Waals surface area contributed by atoms with Gasteiger partial charge in [0.25, 0.3) is 0 Å². The van der Waals surface area contributed by atoms with E-state index >= 15 is 0 Å². The van der Waals surface area contributed by atoms with Gasteiger partial charge in [0, 0.05) is 33.7 Å². The van der Waals surface area contributed by atoms with Gasteiger partial charge in [-0.25, -0.2) is 0 Å². The molecular formula is C18H16O3S2. The van der Waals surface area contributed by atoms with E-state index in [1.165, 1.54) is 0 Å². The predicted octanol–water partition coefficient (Wildman–Crippen LogP) is 4.38. The topological polar surface area (TPSA) is 35.5 Å². The molecule has 3 heterocycles. The van der Waals surface area contributed by atoms with Gasteiger partial charge in [-0.1, -0.05) is 12.1 Å². The zero-order valence-electron chi connectivity index (χ0n) is 12.5. The van der Waals surface area contributed by atoms with E-state index in [2.05, 4.69) is 0 Å². The lowest BCUT2D eigenvalue weighted by Crippen LogP contribution is -2.38. The molecule has 118 valence electrons. The maximum absolute atomic E-state index is 12.9. The maximum Gasteiger partial charge on any atom is 0.185 e. The summed E-state index contributed by atoms with van der Waals surface area (Å²) in [5.41, 5.74) is 1.53. The lowest BCUT2D eigenvalue weighted by molar-refractivity contribution is -0.161. The highest BCUT2D eigenvalue weighted by Gasteiger charge is 2.44. The van der Waals surface area contributed by atoms with Crippen molar-refractivity contribution in [2.24, 2.45) is 0 Å². The average Bonchev–Trinajstić information content (AvgIpc) is 3.27. The molecule has 0 bridgehead atoms. The summed E-state index contributed by atoms with van der Waals surface area (Å²) in [7, 11) is 0. The third-order valence-electron chi connectivity index (χ3n) is 4.04. The highest BCUT2D eigenvalue weighted by Crippen LogP contribution is 2.41. The number of carbonyl (C=O) groups is 1. The Balaban J connectivity index is 1.73. The maximum atomic E-state index is 12.9. The SMILES string of the molecule is O=C1/C(=C/c2cccs2)CC2(C/C1=C\c1cccs1)OCCO2. The van der Waals surface area contributed by atoms with E-state index < -0.39 is 5.79 Å². The van der Waals surface area contributed by atoms with Crippen LogP contribution in [0.2, 0.25) is 0 Å². The Morgan fingerprint density at radius 1 is 0.913 bits per heavy atom. The summed E-state index contributed by atoms with van der Waals surface area (Å²) >= 11 is 3.26. The van der Waals surface area contributed by atoms with Crippen LogP contribution in [0, 0.1) is 0 Å². The van der Waals surface area contributed by atoms with Crippen LogP contribution in [0.5, 0.6) is 0 Å². The number of carbonyl (C=O) groups excluding carboxylic acids is 1. The van der Waals surface area contributed by atoms with Crippen LogP contribution >= 0.6 is 22.7 Å². The Morgan fingerprint density at radius 3 is 1.87 bits per heavy atom. The van der Waals surface area contributed by atoms with Gasteiger partial charge in [-0.15, -0.1) is 22.7 Å². The van der Waals surface area contributed by atoms with Gasteiger partial charge < -0.3 is 9.47 Å². The molecule has 0 radical (unpaired) electrons. The van der Waals surface area contributed by atoms with Gasteiger partial charge in [0.2, 0.25) is 0 Å². The minimum Gasteiger partial charge on any atom is -0.347 e. The molecule has 2 aromatic heterocycles. The fraction of sp³-hybridized carbons (Fsp3) is 0.278. The fourth-order valence-corrected chi connectivity index (χ4v) is 4.40. The second-order valence-corrected chi connectivity index (χ2v) is 7.62. The monoisotopic (exact) mass is 344 g/mol. The van der Waals surface area contributed by atoms with Crippen molar-refractivity contribution in [1.82, 2.24) is 0 Å². The lowest BCUT2D eigenvalue weighted by atomic mass is 9.83. The molecule has 0 unspecified atom stereocenters. The van der Waals surface area contributed by atoms with Gasteiger partial charge in [0.1, 0.15) is 0 Å².